The number of carbonyl (C=O) groups is 1. The molecular weight excluding hydrogens is 374 g/mol. The first kappa shape index (κ1) is 20.2. The minimum absolute atomic E-state index is 0.0578. The van der Waals surface area contributed by atoms with E-state index in [1.165, 1.54) is 42.8 Å². The molecule has 0 N–H and O–H groups in total. The van der Waals surface area contributed by atoms with E-state index in [9.17, 15) is 14.9 Å². The van der Waals surface area contributed by atoms with Gasteiger partial charge in [0.15, 0.2) is 0 Å². The van der Waals surface area contributed by atoms with Gasteiger partial charge >= 0.3 is 5.97 Å². The number of nitro groups is 1. The zero-order valence-electron chi connectivity index (χ0n) is 14.7. The molecule has 0 saturated heterocycles. The maximum atomic E-state index is 11.4. The Morgan fingerprint density at radius 3 is 2.19 bits per heavy atom. The molecule has 26 heavy (non-hydrogen) atoms. The van der Waals surface area contributed by atoms with Crippen LogP contribution in [0.1, 0.15) is 23.4 Å². The standard InChI is InChI=1S/C17H19N3O4S2/c1-24-15(21)9-8-13-16(25-2)18-14(19-17(13)26-3)10-11-4-6-12(7-5-11)20(22)23/h4-7H,8-10H2,1-3H3. The van der Waals surface area contributed by atoms with E-state index in [4.69, 9.17) is 4.74 Å². The van der Waals surface area contributed by atoms with Gasteiger partial charge in [0.1, 0.15) is 15.9 Å². The zero-order valence-corrected chi connectivity index (χ0v) is 16.4. The highest BCUT2D eigenvalue weighted by Gasteiger charge is 2.16. The van der Waals surface area contributed by atoms with Crippen molar-refractivity contribution in [2.24, 2.45) is 0 Å². The number of aromatic nitrogens is 2. The molecule has 1 aromatic carbocycles. The van der Waals surface area contributed by atoms with Crippen LogP contribution in [0.15, 0.2) is 34.3 Å². The normalized spacial score (nSPS) is 10.6. The SMILES string of the molecule is COC(=O)CCc1c(SC)nc(Cc2ccc([N+](=O)[O-])cc2)nc1SC. The predicted molar refractivity (Wildman–Crippen MR) is 102 cm³/mol. The highest BCUT2D eigenvalue weighted by atomic mass is 32.2. The number of carbonyl (C=O) groups excluding carboxylic acids is 1. The molecule has 0 aliphatic rings. The fourth-order valence-electron chi connectivity index (χ4n) is 2.36. The van der Waals surface area contributed by atoms with Gasteiger partial charge in [0.25, 0.3) is 5.69 Å². The fourth-order valence-corrected chi connectivity index (χ4v) is 3.71. The molecule has 0 amide bonds. The van der Waals surface area contributed by atoms with Crippen molar-refractivity contribution in [3.05, 3.63) is 51.3 Å². The molecule has 0 spiro atoms. The highest BCUT2D eigenvalue weighted by molar-refractivity contribution is 7.99. The third-order valence-corrected chi connectivity index (χ3v) is 5.13. The van der Waals surface area contributed by atoms with Gasteiger partial charge < -0.3 is 4.74 Å². The average molecular weight is 393 g/mol. The second kappa shape index (κ2) is 9.54. The van der Waals surface area contributed by atoms with Crippen LogP contribution in [0.3, 0.4) is 0 Å². The van der Waals surface area contributed by atoms with E-state index in [1.54, 1.807) is 12.1 Å². The topological polar surface area (TPSA) is 95.2 Å². The summed E-state index contributed by atoms with van der Waals surface area (Å²) in [5.74, 6) is 0.383. The molecule has 0 aliphatic heterocycles. The third-order valence-electron chi connectivity index (χ3n) is 3.68. The number of non-ortho nitro benzene ring substituents is 1. The van der Waals surface area contributed by atoms with Crippen molar-refractivity contribution in [2.45, 2.75) is 29.3 Å². The minimum atomic E-state index is -0.423. The van der Waals surface area contributed by atoms with Crippen LogP contribution in [0.2, 0.25) is 0 Å². The first-order valence-electron chi connectivity index (χ1n) is 7.76. The van der Waals surface area contributed by atoms with E-state index in [2.05, 4.69) is 9.97 Å². The summed E-state index contributed by atoms with van der Waals surface area (Å²) in [6, 6.07) is 6.38. The summed E-state index contributed by atoms with van der Waals surface area (Å²) in [4.78, 5) is 31.0. The van der Waals surface area contributed by atoms with E-state index in [-0.39, 0.29) is 18.1 Å². The van der Waals surface area contributed by atoms with Gasteiger partial charge in [-0.05, 0) is 24.5 Å². The lowest BCUT2D eigenvalue weighted by atomic mass is 10.1. The number of nitro benzene ring substituents is 1. The Labute approximate surface area is 160 Å². The fraction of sp³-hybridized carbons (Fsp3) is 0.353. The van der Waals surface area contributed by atoms with E-state index in [0.29, 0.717) is 18.7 Å². The highest BCUT2D eigenvalue weighted by Crippen LogP contribution is 2.28. The minimum Gasteiger partial charge on any atom is -0.469 e. The molecule has 0 fully saturated rings. The van der Waals surface area contributed by atoms with Crippen LogP contribution in [0, 0.1) is 10.1 Å². The lowest BCUT2D eigenvalue weighted by molar-refractivity contribution is -0.384. The first-order valence-corrected chi connectivity index (χ1v) is 10.2. The Morgan fingerprint density at radius 2 is 1.73 bits per heavy atom. The molecule has 1 heterocycles. The number of hydrogen-bond acceptors (Lipinski definition) is 8. The van der Waals surface area contributed by atoms with Gasteiger partial charge in [-0.3, -0.25) is 14.9 Å². The van der Waals surface area contributed by atoms with Crippen LogP contribution < -0.4 is 0 Å². The molecule has 0 radical (unpaired) electrons. The summed E-state index contributed by atoms with van der Waals surface area (Å²) in [5, 5.41) is 12.4. The van der Waals surface area contributed by atoms with E-state index >= 15 is 0 Å². The molecule has 138 valence electrons. The Bertz CT molecular complexity index is 772. The average Bonchev–Trinajstić information content (AvgIpc) is 2.66. The molecule has 7 nitrogen and oxygen atoms in total. The Balaban J connectivity index is 2.26. The summed E-state index contributed by atoms with van der Waals surface area (Å²) in [6.07, 6.45) is 5.16. The maximum Gasteiger partial charge on any atom is 0.305 e. The van der Waals surface area contributed by atoms with Crippen molar-refractivity contribution in [3.63, 3.8) is 0 Å². The van der Waals surface area contributed by atoms with E-state index in [0.717, 1.165) is 21.2 Å². The summed E-state index contributed by atoms with van der Waals surface area (Å²) in [5.41, 5.74) is 1.90. The Morgan fingerprint density at radius 1 is 1.15 bits per heavy atom. The van der Waals surface area contributed by atoms with Gasteiger partial charge in [-0.25, -0.2) is 9.97 Å². The molecule has 0 unspecified atom stereocenters. The molecule has 2 aromatic rings. The van der Waals surface area contributed by atoms with Gasteiger partial charge in [0.05, 0.1) is 12.0 Å². The molecule has 0 aliphatic carbocycles. The van der Waals surface area contributed by atoms with E-state index in [1.807, 2.05) is 12.5 Å². The quantitative estimate of drug-likeness (QED) is 0.221. The molecule has 0 bridgehead atoms. The van der Waals surface area contributed by atoms with Crippen LogP contribution in [-0.4, -0.2) is 40.5 Å². The second-order valence-corrected chi connectivity index (χ2v) is 6.90. The smallest absolute Gasteiger partial charge is 0.305 e. The predicted octanol–water partition coefficient (Wildman–Crippen LogP) is 3.53. The van der Waals surface area contributed by atoms with Gasteiger partial charge in [-0.15, -0.1) is 23.5 Å². The lowest BCUT2D eigenvalue weighted by Gasteiger charge is -2.12. The molecular formula is C17H19N3O4S2. The Kier molecular flexibility index (Phi) is 7.40. The van der Waals surface area contributed by atoms with Crippen LogP contribution in [0.5, 0.6) is 0 Å². The van der Waals surface area contributed by atoms with Crippen molar-refractivity contribution in [3.8, 4) is 0 Å². The molecule has 0 atom stereocenters. The molecule has 0 saturated carbocycles. The third kappa shape index (κ3) is 5.18. The van der Waals surface area contributed by atoms with Gasteiger partial charge in [-0.2, -0.15) is 0 Å². The number of methoxy groups -OCH3 is 1. The van der Waals surface area contributed by atoms with Crippen molar-refractivity contribution >= 4 is 35.2 Å². The van der Waals surface area contributed by atoms with Crippen molar-refractivity contribution in [1.29, 1.82) is 0 Å². The monoisotopic (exact) mass is 393 g/mol. The van der Waals surface area contributed by atoms with Crippen molar-refractivity contribution in [2.75, 3.05) is 19.6 Å². The number of thioether (sulfide) groups is 2. The largest absolute Gasteiger partial charge is 0.469 e. The van der Waals surface area contributed by atoms with Gasteiger partial charge in [0.2, 0.25) is 0 Å². The molecule has 9 heteroatoms. The van der Waals surface area contributed by atoms with Gasteiger partial charge in [0, 0.05) is 30.5 Å². The van der Waals surface area contributed by atoms with Crippen LogP contribution >= 0.6 is 23.5 Å². The Hall–Kier alpha value is -2.13. The molecule has 1 aromatic heterocycles. The van der Waals surface area contributed by atoms with E-state index < -0.39 is 4.92 Å². The van der Waals surface area contributed by atoms with Crippen molar-refractivity contribution in [1.82, 2.24) is 9.97 Å². The number of benzene rings is 1. The van der Waals surface area contributed by atoms with Gasteiger partial charge in [-0.1, -0.05) is 12.1 Å². The first-order chi connectivity index (χ1) is 12.5. The summed E-state index contributed by atoms with van der Waals surface area (Å²) >= 11 is 3.02. The summed E-state index contributed by atoms with van der Waals surface area (Å²) in [6.45, 7) is 0. The number of hydrogen-bond donors (Lipinski definition) is 0. The van der Waals surface area contributed by atoms with Crippen LogP contribution in [0.25, 0.3) is 0 Å². The number of rotatable bonds is 8. The number of nitrogens with zero attached hydrogens (tertiary/aromatic N) is 3. The summed E-state index contributed by atoms with van der Waals surface area (Å²) in [7, 11) is 1.37. The van der Waals surface area contributed by atoms with Crippen molar-refractivity contribution < 1.29 is 14.5 Å². The van der Waals surface area contributed by atoms with Crippen LogP contribution in [0.4, 0.5) is 5.69 Å². The molecule has 2 rings (SSSR count). The number of ether oxygens (including phenoxy) is 1. The van der Waals surface area contributed by atoms with Crippen LogP contribution in [-0.2, 0) is 22.4 Å². The maximum absolute atomic E-state index is 11.4. The summed E-state index contributed by atoms with van der Waals surface area (Å²) < 4.78 is 4.71. The lowest BCUT2D eigenvalue weighted by Crippen LogP contribution is -2.08. The number of esters is 1. The zero-order chi connectivity index (χ0) is 19.1. The second-order valence-electron chi connectivity index (χ2n) is 5.31.